The molecule has 15 heavy (non-hydrogen) atoms. The normalized spacial score (nSPS) is 11.5. The van der Waals surface area contributed by atoms with Gasteiger partial charge < -0.3 is 9.26 Å². The molecule has 0 aliphatic heterocycles. The molecular formula is C11H17NO3. The SMILES string of the molecule is CCCOC(=O)c1cc(C(C)(C)C)on1. The van der Waals surface area contributed by atoms with Crippen molar-refractivity contribution in [1.82, 2.24) is 5.16 Å². The van der Waals surface area contributed by atoms with Gasteiger partial charge in [-0.1, -0.05) is 32.9 Å². The second kappa shape index (κ2) is 4.47. The van der Waals surface area contributed by atoms with Crippen LogP contribution in [0.5, 0.6) is 0 Å². The molecule has 0 aliphatic rings. The van der Waals surface area contributed by atoms with E-state index in [0.29, 0.717) is 12.4 Å². The summed E-state index contributed by atoms with van der Waals surface area (Å²) in [6.45, 7) is 8.34. The molecule has 0 saturated carbocycles. The van der Waals surface area contributed by atoms with Crippen LogP contribution in [0, 0.1) is 0 Å². The maximum atomic E-state index is 11.4. The molecule has 1 aromatic heterocycles. The van der Waals surface area contributed by atoms with Gasteiger partial charge in [-0.15, -0.1) is 0 Å². The van der Waals surface area contributed by atoms with Crippen LogP contribution in [0.15, 0.2) is 10.6 Å². The smallest absolute Gasteiger partial charge is 0.360 e. The largest absolute Gasteiger partial charge is 0.461 e. The van der Waals surface area contributed by atoms with E-state index < -0.39 is 5.97 Å². The Morgan fingerprint density at radius 3 is 2.67 bits per heavy atom. The molecule has 1 rings (SSSR count). The lowest BCUT2D eigenvalue weighted by atomic mass is 9.93. The third kappa shape index (κ3) is 3.08. The summed E-state index contributed by atoms with van der Waals surface area (Å²) in [5.74, 6) is 0.266. The van der Waals surface area contributed by atoms with Crippen LogP contribution in [0.1, 0.15) is 50.4 Å². The average Bonchev–Trinajstić information content (AvgIpc) is 2.62. The highest BCUT2D eigenvalue weighted by Crippen LogP contribution is 2.22. The van der Waals surface area contributed by atoms with Crippen LogP contribution < -0.4 is 0 Å². The summed E-state index contributed by atoms with van der Waals surface area (Å²) < 4.78 is 10.0. The highest BCUT2D eigenvalue weighted by molar-refractivity contribution is 5.87. The predicted octanol–water partition coefficient (Wildman–Crippen LogP) is 2.54. The first-order valence-electron chi connectivity index (χ1n) is 5.09. The van der Waals surface area contributed by atoms with Crippen LogP contribution in [-0.4, -0.2) is 17.7 Å². The fourth-order valence-electron chi connectivity index (χ4n) is 0.994. The Kier molecular flexibility index (Phi) is 3.50. The lowest BCUT2D eigenvalue weighted by Gasteiger charge is -2.11. The highest BCUT2D eigenvalue weighted by Gasteiger charge is 2.22. The summed E-state index contributed by atoms with van der Waals surface area (Å²) in [6.07, 6.45) is 0.801. The lowest BCUT2D eigenvalue weighted by Crippen LogP contribution is -2.10. The van der Waals surface area contributed by atoms with Gasteiger partial charge in [-0.2, -0.15) is 0 Å². The van der Waals surface area contributed by atoms with E-state index in [1.807, 2.05) is 27.7 Å². The summed E-state index contributed by atoms with van der Waals surface area (Å²) in [5, 5.41) is 3.69. The number of hydrogen-bond acceptors (Lipinski definition) is 4. The first-order valence-corrected chi connectivity index (χ1v) is 5.09. The number of rotatable bonds is 3. The Morgan fingerprint density at radius 2 is 2.20 bits per heavy atom. The van der Waals surface area contributed by atoms with Crippen molar-refractivity contribution in [2.45, 2.75) is 39.5 Å². The molecule has 0 unspecified atom stereocenters. The van der Waals surface area contributed by atoms with Crippen molar-refractivity contribution in [3.05, 3.63) is 17.5 Å². The summed E-state index contributed by atoms with van der Waals surface area (Å²) in [7, 11) is 0. The number of ether oxygens (including phenoxy) is 1. The van der Waals surface area contributed by atoms with Crippen LogP contribution in [0.2, 0.25) is 0 Å². The summed E-state index contributed by atoms with van der Waals surface area (Å²) in [5.41, 5.74) is 0.101. The number of hydrogen-bond donors (Lipinski definition) is 0. The number of nitrogens with zero attached hydrogens (tertiary/aromatic N) is 1. The van der Waals surface area contributed by atoms with Crippen molar-refractivity contribution >= 4 is 5.97 Å². The molecule has 0 atom stereocenters. The third-order valence-electron chi connectivity index (χ3n) is 1.90. The van der Waals surface area contributed by atoms with Gasteiger partial charge in [0.2, 0.25) is 0 Å². The third-order valence-corrected chi connectivity index (χ3v) is 1.90. The zero-order valence-corrected chi connectivity index (χ0v) is 9.66. The molecule has 1 heterocycles. The standard InChI is InChI=1S/C11H17NO3/c1-5-6-14-10(13)8-7-9(15-12-8)11(2,3)4/h7H,5-6H2,1-4H3. The molecule has 0 amide bonds. The molecule has 84 valence electrons. The van der Waals surface area contributed by atoms with Crippen molar-refractivity contribution in [2.24, 2.45) is 0 Å². The van der Waals surface area contributed by atoms with E-state index >= 15 is 0 Å². The molecule has 0 aromatic carbocycles. The summed E-state index contributed by atoms with van der Waals surface area (Å²) in [4.78, 5) is 11.4. The van der Waals surface area contributed by atoms with Crippen LogP contribution in [-0.2, 0) is 10.2 Å². The number of carbonyl (C=O) groups excluding carboxylic acids is 1. The molecule has 4 nitrogen and oxygen atoms in total. The second-order valence-electron chi connectivity index (χ2n) is 4.46. The van der Waals surface area contributed by atoms with Gasteiger partial charge in [0.05, 0.1) is 6.61 Å². The fraction of sp³-hybridized carbons (Fsp3) is 0.636. The zero-order valence-electron chi connectivity index (χ0n) is 9.66. The first kappa shape index (κ1) is 11.8. The Balaban J connectivity index is 2.72. The van der Waals surface area contributed by atoms with E-state index in [1.165, 1.54) is 0 Å². The molecular weight excluding hydrogens is 194 g/mol. The van der Waals surface area contributed by atoms with Crippen LogP contribution in [0.3, 0.4) is 0 Å². The van der Waals surface area contributed by atoms with Crippen molar-refractivity contribution < 1.29 is 14.1 Å². The van der Waals surface area contributed by atoms with Gasteiger partial charge in [-0.3, -0.25) is 0 Å². The molecule has 1 aromatic rings. The second-order valence-corrected chi connectivity index (χ2v) is 4.46. The molecule has 0 fully saturated rings. The zero-order chi connectivity index (χ0) is 11.5. The van der Waals surface area contributed by atoms with E-state index in [4.69, 9.17) is 9.26 Å². The molecule has 0 bridgehead atoms. The number of aromatic nitrogens is 1. The maximum absolute atomic E-state index is 11.4. The highest BCUT2D eigenvalue weighted by atomic mass is 16.5. The minimum absolute atomic E-state index is 0.143. The maximum Gasteiger partial charge on any atom is 0.360 e. The van der Waals surface area contributed by atoms with Crippen LogP contribution >= 0.6 is 0 Å². The van der Waals surface area contributed by atoms with E-state index in [9.17, 15) is 4.79 Å². The number of esters is 1. The van der Waals surface area contributed by atoms with Gasteiger partial charge in [-0.05, 0) is 6.42 Å². The van der Waals surface area contributed by atoms with Crippen molar-refractivity contribution in [3.63, 3.8) is 0 Å². The molecule has 0 N–H and O–H groups in total. The van der Waals surface area contributed by atoms with E-state index in [2.05, 4.69) is 5.16 Å². The Bertz CT molecular complexity index is 336. The van der Waals surface area contributed by atoms with Gasteiger partial charge in [0.1, 0.15) is 5.76 Å². The van der Waals surface area contributed by atoms with Gasteiger partial charge in [0, 0.05) is 11.5 Å². The summed E-state index contributed by atoms with van der Waals surface area (Å²) >= 11 is 0. The van der Waals surface area contributed by atoms with Crippen LogP contribution in [0.4, 0.5) is 0 Å². The monoisotopic (exact) mass is 211 g/mol. The Labute approximate surface area is 89.6 Å². The summed E-state index contributed by atoms with van der Waals surface area (Å²) in [6, 6.07) is 1.64. The Hall–Kier alpha value is -1.32. The van der Waals surface area contributed by atoms with Gasteiger partial charge in [-0.25, -0.2) is 4.79 Å². The van der Waals surface area contributed by atoms with Crippen molar-refractivity contribution in [1.29, 1.82) is 0 Å². The molecule has 0 spiro atoms. The quantitative estimate of drug-likeness (QED) is 0.721. The van der Waals surface area contributed by atoms with E-state index in [1.54, 1.807) is 6.07 Å². The van der Waals surface area contributed by atoms with Crippen molar-refractivity contribution in [3.8, 4) is 0 Å². The minimum Gasteiger partial charge on any atom is -0.461 e. The topological polar surface area (TPSA) is 52.3 Å². The first-order chi connectivity index (χ1) is 6.95. The molecule has 0 radical (unpaired) electrons. The van der Waals surface area contributed by atoms with E-state index in [0.717, 1.165) is 6.42 Å². The van der Waals surface area contributed by atoms with E-state index in [-0.39, 0.29) is 11.1 Å². The molecule has 0 aliphatic carbocycles. The van der Waals surface area contributed by atoms with Gasteiger partial charge >= 0.3 is 5.97 Å². The molecule has 4 heteroatoms. The van der Waals surface area contributed by atoms with Crippen molar-refractivity contribution in [2.75, 3.05) is 6.61 Å². The minimum atomic E-state index is -0.420. The molecule has 0 saturated heterocycles. The Morgan fingerprint density at radius 1 is 1.53 bits per heavy atom. The van der Waals surface area contributed by atoms with Gasteiger partial charge in [0.15, 0.2) is 5.69 Å². The van der Waals surface area contributed by atoms with Gasteiger partial charge in [0.25, 0.3) is 0 Å². The lowest BCUT2D eigenvalue weighted by molar-refractivity contribution is 0.0493. The van der Waals surface area contributed by atoms with Crippen LogP contribution in [0.25, 0.3) is 0 Å². The predicted molar refractivity (Wildman–Crippen MR) is 55.8 cm³/mol. The number of carbonyl (C=O) groups is 1. The average molecular weight is 211 g/mol. The fourth-order valence-corrected chi connectivity index (χ4v) is 0.994.